The zero-order chi connectivity index (χ0) is 13.0. The minimum atomic E-state index is -0.0937. The number of nitrogens with zero attached hydrogens (tertiary/aromatic N) is 1. The van der Waals surface area contributed by atoms with E-state index in [-0.39, 0.29) is 17.1 Å². The molecular weight excluding hydrogens is 224 g/mol. The van der Waals surface area contributed by atoms with Crippen LogP contribution in [-0.2, 0) is 4.74 Å². The second kappa shape index (κ2) is 3.58. The van der Waals surface area contributed by atoms with Gasteiger partial charge in [0, 0.05) is 17.8 Å². The second-order valence-electron chi connectivity index (χ2n) is 6.34. The molecule has 0 amide bonds. The van der Waals surface area contributed by atoms with E-state index in [1.54, 1.807) is 0 Å². The summed E-state index contributed by atoms with van der Waals surface area (Å²) in [7, 11) is 0. The number of H-pyrrole nitrogens is 1. The minimum Gasteiger partial charge on any atom is -0.367 e. The highest BCUT2D eigenvalue weighted by molar-refractivity contribution is 5.79. The van der Waals surface area contributed by atoms with Crippen LogP contribution in [0.1, 0.15) is 45.8 Å². The van der Waals surface area contributed by atoms with Gasteiger partial charge in [0.25, 0.3) is 0 Å². The van der Waals surface area contributed by atoms with Gasteiger partial charge in [-0.15, -0.1) is 0 Å². The van der Waals surface area contributed by atoms with Gasteiger partial charge in [-0.2, -0.15) is 0 Å². The molecule has 0 saturated carbocycles. The Labute approximate surface area is 108 Å². The van der Waals surface area contributed by atoms with E-state index in [1.807, 2.05) is 12.4 Å². The Kier molecular flexibility index (Phi) is 2.33. The first-order chi connectivity index (χ1) is 8.41. The Bertz CT molecular complexity index is 567. The third-order valence-corrected chi connectivity index (χ3v) is 4.60. The fraction of sp³-hybridized carbons (Fsp3) is 0.533. The molecule has 1 aliphatic rings. The molecule has 0 radical (unpaired) electrons. The first-order valence-corrected chi connectivity index (χ1v) is 6.50. The van der Waals surface area contributed by atoms with E-state index in [4.69, 9.17) is 4.74 Å². The first-order valence-electron chi connectivity index (χ1n) is 6.50. The van der Waals surface area contributed by atoms with Gasteiger partial charge in [-0.05, 0) is 43.4 Å². The molecule has 3 heterocycles. The van der Waals surface area contributed by atoms with E-state index in [2.05, 4.69) is 49.8 Å². The summed E-state index contributed by atoms with van der Waals surface area (Å²) in [6.07, 6.45) is 5.00. The monoisotopic (exact) mass is 244 g/mol. The van der Waals surface area contributed by atoms with Crippen LogP contribution in [0, 0.1) is 5.41 Å². The van der Waals surface area contributed by atoms with Crippen molar-refractivity contribution in [3.63, 3.8) is 0 Å². The van der Waals surface area contributed by atoms with Gasteiger partial charge in [0.15, 0.2) is 0 Å². The number of hydrogen-bond acceptors (Lipinski definition) is 2. The molecule has 3 heteroatoms. The van der Waals surface area contributed by atoms with Crippen LogP contribution in [0.15, 0.2) is 24.5 Å². The lowest BCUT2D eigenvalue weighted by atomic mass is 9.76. The summed E-state index contributed by atoms with van der Waals surface area (Å²) in [5.41, 5.74) is 2.28. The molecule has 1 N–H and O–H groups in total. The number of aromatic amines is 1. The molecule has 2 aromatic heterocycles. The lowest BCUT2D eigenvalue weighted by Crippen LogP contribution is -2.34. The normalized spacial score (nSPS) is 25.7. The fourth-order valence-electron chi connectivity index (χ4n) is 2.70. The van der Waals surface area contributed by atoms with Crippen LogP contribution in [0.25, 0.3) is 11.0 Å². The molecule has 2 aromatic rings. The van der Waals surface area contributed by atoms with E-state index in [0.29, 0.717) is 0 Å². The van der Waals surface area contributed by atoms with Crippen LogP contribution in [0.3, 0.4) is 0 Å². The van der Waals surface area contributed by atoms with Crippen molar-refractivity contribution < 1.29 is 4.74 Å². The highest BCUT2D eigenvalue weighted by Gasteiger charge is 2.48. The Balaban J connectivity index is 2.05. The minimum absolute atomic E-state index is 0.0937. The molecule has 18 heavy (non-hydrogen) atoms. The van der Waals surface area contributed by atoms with Crippen molar-refractivity contribution in [2.24, 2.45) is 5.41 Å². The number of aromatic nitrogens is 2. The second-order valence-corrected chi connectivity index (χ2v) is 6.34. The van der Waals surface area contributed by atoms with Crippen LogP contribution >= 0.6 is 0 Å². The molecule has 1 atom stereocenters. The van der Waals surface area contributed by atoms with Gasteiger partial charge in [-0.1, -0.05) is 13.8 Å². The number of pyridine rings is 1. The van der Waals surface area contributed by atoms with Gasteiger partial charge >= 0.3 is 0 Å². The molecule has 1 unspecified atom stereocenters. The standard InChI is InChI=1S/C15H20N2O/c1-14(2)9-12(18-15(14,3)4)10-5-7-16-13-11(10)6-8-17-13/h5-8,12H,9H2,1-4H3,(H,16,17). The smallest absolute Gasteiger partial charge is 0.137 e. The van der Waals surface area contributed by atoms with Crippen LogP contribution in [-0.4, -0.2) is 15.6 Å². The Hall–Kier alpha value is -1.35. The predicted molar refractivity (Wildman–Crippen MR) is 72.4 cm³/mol. The largest absolute Gasteiger partial charge is 0.367 e. The molecule has 0 aromatic carbocycles. The summed E-state index contributed by atoms with van der Waals surface area (Å²) < 4.78 is 6.29. The molecule has 1 saturated heterocycles. The van der Waals surface area contributed by atoms with Crippen molar-refractivity contribution in [3.05, 3.63) is 30.1 Å². The average Bonchev–Trinajstić information content (AvgIpc) is 2.81. The van der Waals surface area contributed by atoms with Crippen molar-refractivity contribution in [2.75, 3.05) is 0 Å². The van der Waals surface area contributed by atoms with Gasteiger partial charge < -0.3 is 9.72 Å². The Morgan fingerprint density at radius 3 is 2.72 bits per heavy atom. The molecule has 3 rings (SSSR count). The summed E-state index contributed by atoms with van der Waals surface area (Å²) in [5.74, 6) is 0. The van der Waals surface area contributed by atoms with E-state index in [1.165, 1.54) is 10.9 Å². The molecule has 0 spiro atoms. The molecule has 3 nitrogen and oxygen atoms in total. The molecule has 96 valence electrons. The van der Waals surface area contributed by atoms with Crippen molar-refractivity contribution in [3.8, 4) is 0 Å². The van der Waals surface area contributed by atoms with Crippen molar-refractivity contribution in [1.82, 2.24) is 9.97 Å². The van der Waals surface area contributed by atoms with E-state index < -0.39 is 0 Å². The fourth-order valence-corrected chi connectivity index (χ4v) is 2.70. The van der Waals surface area contributed by atoms with Gasteiger partial charge in [0.1, 0.15) is 5.65 Å². The summed E-state index contributed by atoms with van der Waals surface area (Å²) in [4.78, 5) is 7.49. The maximum Gasteiger partial charge on any atom is 0.137 e. The quantitative estimate of drug-likeness (QED) is 0.828. The number of ether oxygens (including phenoxy) is 1. The van der Waals surface area contributed by atoms with Crippen LogP contribution < -0.4 is 0 Å². The molecule has 0 bridgehead atoms. The Morgan fingerprint density at radius 1 is 1.28 bits per heavy atom. The van der Waals surface area contributed by atoms with E-state index >= 15 is 0 Å². The van der Waals surface area contributed by atoms with Gasteiger partial charge in [-0.3, -0.25) is 0 Å². The number of rotatable bonds is 1. The maximum atomic E-state index is 6.29. The third kappa shape index (κ3) is 1.57. The average molecular weight is 244 g/mol. The SMILES string of the molecule is CC1(C)CC(c2ccnc3[nH]ccc23)OC1(C)C. The molecule has 1 aliphatic heterocycles. The summed E-state index contributed by atoms with van der Waals surface area (Å²) in [5, 5.41) is 1.18. The maximum absolute atomic E-state index is 6.29. The zero-order valence-corrected chi connectivity index (χ0v) is 11.4. The first kappa shape index (κ1) is 11.7. The zero-order valence-electron chi connectivity index (χ0n) is 11.4. The summed E-state index contributed by atoms with van der Waals surface area (Å²) in [6, 6.07) is 4.16. The highest BCUT2D eigenvalue weighted by atomic mass is 16.5. The molecule has 1 fully saturated rings. The van der Waals surface area contributed by atoms with Crippen LogP contribution in [0.4, 0.5) is 0 Å². The van der Waals surface area contributed by atoms with Gasteiger partial charge in [0.05, 0.1) is 11.7 Å². The predicted octanol–water partition coefficient (Wildman–Crippen LogP) is 3.83. The third-order valence-electron chi connectivity index (χ3n) is 4.60. The van der Waals surface area contributed by atoms with Crippen molar-refractivity contribution >= 4 is 11.0 Å². The van der Waals surface area contributed by atoms with Crippen LogP contribution in [0.5, 0.6) is 0 Å². The molecular formula is C15H20N2O. The van der Waals surface area contributed by atoms with E-state index in [9.17, 15) is 0 Å². The lowest BCUT2D eigenvalue weighted by Gasteiger charge is -2.32. The lowest BCUT2D eigenvalue weighted by molar-refractivity contribution is -0.0519. The van der Waals surface area contributed by atoms with Gasteiger partial charge in [0.2, 0.25) is 0 Å². The van der Waals surface area contributed by atoms with Crippen molar-refractivity contribution in [2.45, 2.75) is 45.8 Å². The number of hydrogen-bond donors (Lipinski definition) is 1. The van der Waals surface area contributed by atoms with Crippen LogP contribution in [0.2, 0.25) is 0 Å². The summed E-state index contributed by atoms with van der Waals surface area (Å²) >= 11 is 0. The van der Waals surface area contributed by atoms with Gasteiger partial charge in [-0.25, -0.2) is 4.98 Å². The van der Waals surface area contributed by atoms with Crippen molar-refractivity contribution in [1.29, 1.82) is 0 Å². The number of nitrogens with one attached hydrogen (secondary N) is 1. The van der Waals surface area contributed by atoms with E-state index in [0.717, 1.165) is 12.1 Å². The highest BCUT2D eigenvalue weighted by Crippen LogP contribution is 2.52. The topological polar surface area (TPSA) is 37.9 Å². The summed E-state index contributed by atoms with van der Waals surface area (Å²) in [6.45, 7) is 8.93. The number of fused-ring (bicyclic) bond motifs is 1. The molecule has 0 aliphatic carbocycles. The Morgan fingerprint density at radius 2 is 2.06 bits per heavy atom.